The lowest BCUT2D eigenvalue weighted by molar-refractivity contribution is -0.384. The van der Waals surface area contributed by atoms with Crippen LogP contribution in [0.2, 0.25) is 0 Å². The molecule has 1 fully saturated rings. The van der Waals surface area contributed by atoms with Crippen molar-refractivity contribution in [2.24, 2.45) is 11.3 Å². The number of nitrogens with zero attached hydrogens (tertiary/aromatic N) is 2. The molecule has 2 aromatic rings. The first-order chi connectivity index (χ1) is 21.4. The number of rotatable bonds is 12. The van der Waals surface area contributed by atoms with Gasteiger partial charge in [-0.05, 0) is 66.9 Å². The topological polar surface area (TPSA) is 136 Å². The number of nitro groups is 1. The number of benzene rings is 2. The van der Waals surface area contributed by atoms with E-state index in [1.807, 2.05) is 27.7 Å². The molecule has 1 aliphatic heterocycles. The average Bonchev–Trinajstić information content (AvgIpc) is 2.96. The molecule has 3 atom stereocenters. The first-order valence-electron chi connectivity index (χ1n) is 14.7. The molecule has 10 nitrogen and oxygen atoms in total. The largest absolute Gasteiger partial charge is 0.477 e. The Labute approximate surface area is 283 Å². The third kappa shape index (κ3) is 9.18. The quantitative estimate of drug-likeness (QED) is 0.0621. The van der Waals surface area contributed by atoms with Crippen molar-refractivity contribution in [3.8, 4) is 5.75 Å². The van der Waals surface area contributed by atoms with Gasteiger partial charge in [-0.25, -0.2) is 0 Å². The predicted molar refractivity (Wildman–Crippen MR) is 185 cm³/mol. The van der Waals surface area contributed by atoms with Gasteiger partial charge in [0.05, 0.1) is 22.3 Å². The van der Waals surface area contributed by atoms with E-state index in [4.69, 9.17) is 21.7 Å². The lowest BCUT2D eigenvalue weighted by atomic mass is 9.87. The summed E-state index contributed by atoms with van der Waals surface area (Å²) in [5.74, 6) is -1.02. The summed E-state index contributed by atoms with van der Waals surface area (Å²) in [7, 11) is 0. The molecule has 0 aliphatic carbocycles. The molecule has 3 rings (SSSR count). The number of carbonyl (C=O) groups is 3. The molecule has 2 aromatic carbocycles. The number of nitro benzene ring substituents is 1. The van der Waals surface area contributed by atoms with Crippen LogP contribution in [0, 0.1) is 21.4 Å². The van der Waals surface area contributed by atoms with Gasteiger partial charge in [-0.3, -0.25) is 29.4 Å². The van der Waals surface area contributed by atoms with Crippen molar-refractivity contribution in [2.75, 3.05) is 5.75 Å². The second kappa shape index (κ2) is 15.1. The highest BCUT2D eigenvalue weighted by Crippen LogP contribution is 2.42. The second-order valence-corrected chi connectivity index (χ2v) is 16.3. The number of carbonyl (C=O) groups excluding carboxylic acids is 3. The van der Waals surface area contributed by atoms with Crippen LogP contribution in [0.15, 0.2) is 60.0 Å². The van der Waals surface area contributed by atoms with Gasteiger partial charge < -0.3 is 14.6 Å². The summed E-state index contributed by atoms with van der Waals surface area (Å²) in [5.41, 5.74) is -0.0782. The molecule has 0 saturated carbocycles. The Morgan fingerprint density at radius 2 is 1.65 bits per heavy atom. The van der Waals surface area contributed by atoms with E-state index in [0.717, 1.165) is 0 Å². The number of allylic oxidation sites excluding steroid dienone is 1. The zero-order valence-corrected chi connectivity index (χ0v) is 29.6. The summed E-state index contributed by atoms with van der Waals surface area (Å²) >= 11 is 8.33. The number of Topliss-reactive ketones (excluding diaryl/α,β-unsaturated/α-hetero) is 1. The average molecular weight is 689 g/mol. The van der Waals surface area contributed by atoms with Crippen molar-refractivity contribution in [2.45, 2.75) is 78.2 Å². The predicted octanol–water partition coefficient (Wildman–Crippen LogP) is 6.93. The first kappa shape index (κ1) is 37.2. The molecule has 0 bridgehead atoms. The zero-order valence-electron chi connectivity index (χ0n) is 27.2. The minimum absolute atomic E-state index is 0.0480. The summed E-state index contributed by atoms with van der Waals surface area (Å²) < 4.78 is 11.9. The number of thioether (sulfide) groups is 2. The number of non-ortho nitro benzene ring substituents is 1. The minimum atomic E-state index is -0.973. The van der Waals surface area contributed by atoms with Crippen LogP contribution in [0.5, 0.6) is 5.75 Å². The minimum Gasteiger partial charge on any atom is -0.477 e. The zero-order chi connectivity index (χ0) is 34.6. The number of ketones is 1. The third-order valence-electron chi connectivity index (χ3n) is 6.70. The molecule has 1 saturated heterocycles. The number of hydrogen-bond donors (Lipinski definition) is 1. The Hall–Kier alpha value is -3.26. The fourth-order valence-electron chi connectivity index (χ4n) is 4.41. The molecule has 0 spiro atoms. The van der Waals surface area contributed by atoms with Crippen LogP contribution in [0.25, 0.3) is 0 Å². The van der Waals surface area contributed by atoms with Gasteiger partial charge >= 0.3 is 0 Å². The van der Waals surface area contributed by atoms with Crippen molar-refractivity contribution >= 4 is 63.3 Å². The summed E-state index contributed by atoms with van der Waals surface area (Å²) in [6.45, 7) is 14.3. The third-order valence-corrected chi connectivity index (χ3v) is 9.23. The standard InChI is InChI=1S/C33H40N2O8S3/c1-9-45-29-24(19(2)36)28(38)34(29)25(31(44)42-18-20-10-14-22(15-11-20)35(40)41)26(27(37)32(3,4)5)43-23-16-12-21(13-17-23)30(39)46-33(6,7)8/h10-17,19,24,29,36H,9,18H2,1-8H3/t19-,24+,29-/m1/s1. The molecule has 1 aliphatic rings. The van der Waals surface area contributed by atoms with Gasteiger partial charge in [0.2, 0.25) is 21.9 Å². The summed E-state index contributed by atoms with van der Waals surface area (Å²) in [6.07, 6.45) is -0.956. The molecule has 1 N–H and O–H groups in total. The van der Waals surface area contributed by atoms with Crippen molar-refractivity contribution in [1.29, 1.82) is 0 Å². The maximum absolute atomic E-state index is 14.0. The van der Waals surface area contributed by atoms with Crippen molar-refractivity contribution in [1.82, 2.24) is 4.90 Å². The number of aliphatic hydroxyl groups is 1. The van der Waals surface area contributed by atoms with Gasteiger partial charge in [0.15, 0.2) is 5.76 Å². The molecule has 1 heterocycles. The van der Waals surface area contributed by atoms with E-state index in [-0.39, 0.29) is 44.4 Å². The Morgan fingerprint density at radius 1 is 1.07 bits per heavy atom. The van der Waals surface area contributed by atoms with E-state index in [1.165, 1.54) is 59.6 Å². The first-order valence-corrected chi connectivity index (χ1v) is 17.0. The molecule has 248 valence electrons. The molecule has 1 amide bonds. The van der Waals surface area contributed by atoms with Crippen molar-refractivity contribution in [3.63, 3.8) is 0 Å². The maximum atomic E-state index is 14.0. The van der Waals surface area contributed by atoms with E-state index in [2.05, 4.69) is 0 Å². The van der Waals surface area contributed by atoms with E-state index in [1.54, 1.807) is 45.0 Å². The summed E-state index contributed by atoms with van der Waals surface area (Å²) in [5, 5.41) is 20.6. The van der Waals surface area contributed by atoms with Gasteiger partial charge in [0, 0.05) is 27.9 Å². The monoisotopic (exact) mass is 688 g/mol. The van der Waals surface area contributed by atoms with Gasteiger partial charge in [-0.15, -0.1) is 11.8 Å². The Balaban J connectivity index is 2.11. The van der Waals surface area contributed by atoms with Gasteiger partial charge in [0.25, 0.3) is 5.69 Å². The number of likely N-dealkylation sites (tertiary alicyclic amines) is 1. The smallest absolute Gasteiger partial charge is 0.269 e. The highest BCUT2D eigenvalue weighted by atomic mass is 32.2. The van der Waals surface area contributed by atoms with Gasteiger partial charge in [0.1, 0.15) is 18.1 Å². The van der Waals surface area contributed by atoms with E-state index >= 15 is 0 Å². The number of thiocarbonyl (C=S) groups is 1. The fourth-order valence-corrected chi connectivity index (χ4v) is 6.72. The van der Waals surface area contributed by atoms with Crippen LogP contribution in [0.1, 0.15) is 71.3 Å². The highest BCUT2D eigenvalue weighted by molar-refractivity contribution is 8.15. The van der Waals surface area contributed by atoms with Crippen LogP contribution in [0.4, 0.5) is 5.69 Å². The van der Waals surface area contributed by atoms with E-state index < -0.39 is 39.4 Å². The van der Waals surface area contributed by atoms with Gasteiger partial charge in [-0.2, -0.15) is 0 Å². The van der Waals surface area contributed by atoms with Crippen LogP contribution in [0.3, 0.4) is 0 Å². The molecule has 13 heteroatoms. The fraction of sp³-hybridized carbons (Fsp3) is 0.455. The molecular formula is C33H40N2O8S3. The number of aliphatic hydroxyl groups excluding tert-OH is 1. The number of amides is 1. The Morgan fingerprint density at radius 3 is 2.13 bits per heavy atom. The lowest BCUT2D eigenvalue weighted by Gasteiger charge is -2.48. The van der Waals surface area contributed by atoms with E-state index in [0.29, 0.717) is 16.9 Å². The van der Waals surface area contributed by atoms with Crippen LogP contribution >= 0.6 is 35.7 Å². The Kier molecular flexibility index (Phi) is 12.2. The number of ether oxygens (including phenoxy) is 2. The van der Waals surface area contributed by atoms with E-state index in [9.17, 15) is 29.6 Å². The van der Waals surface area contributed by atoms with Crippen molar-refractivity contribution in [3.05, 3.63) is 81.2 Å². The highest BCUT2D eigenvalue weighted by Gasteiger charge is 2.54. The van der Waals surface area contributed by atoms with Crippen LogP contribution in [-0.4, -0.2) is 58.8 Å². The molecule has 46 heavy (non-hydrogen) atoms. The molecular weight excluding hydrogens is 649 g/mol. The Bertz CT molecular complexity index is 1510. The lowest BCUT2D eigenvalue weighted by Crippen LogP contribution is -2.63. The van der Waals surface area contributed by atoms with Crippen LogP contribution in [-0.2, 0) is 20.9 Å². The SMILES string of the molecule is CCS[C@@H]1[C@@H]([C@@H](C)O)C(=O)N1C(C(=S)OCc1ccc([N+](=O)[O-])cc1)=C(Oc1ccc(C(=O)SC(C)(C)C)cc1)C(=O)C(C)(C)C. The molecule has 0 unspecified atom stereocenters. The normalized spacial score (nSPS) is 17.8. The molecule has 0 radical (unpaired) electrons. The molecule has 0 aromatic heterocycles. The van der Waals surface area contributed by atoms with Crippen LogP contribution < -0.4 is 4.74 Å². The number of hydrogen-bond acceptors (Lipinski definition) is 11. The van der Waals surface area contributed by atoms with Crippen molar-refractivity contribution < 1.29 is 33.9 Å². The number of β-lactam (4-membered cyclic amide) rings is 1. The second-order valence-electron chi connectivity index (χ2n) is 12.7. The van der Waals surface area contributed by atoms with Gasteiger partial charge in [-0.1, -0.05) is 60.2 Å². The summed E-state index contributed by atoms with van der Waals surface area (Å²) in [4.78, 5) is 52.3. The summed E-state index contributed by atoms with van der Waals surface area (Å²) in [6, 6.07) is 12.1. The maximum Gasteiger partial charge on any atom is 0.269 e.